The van der Waals surface area contributed by atoms with Crippen molar-refractivity contribution in [2.75, 3.05) is 0 Å². The molecule has 0 saturated carbocycles. The normalized spacial score (nSPS) is 12.2. The number of nitrogens with two attached hydrogens (primary N) is 1. The molecule has 0 aliphatic rings. The minimum Gasteiger partial charge on any atom is -0.485 e. The molecule has 2 aromatic rings. The van der Waals surface area contributed by atoms with Crippen molar-refractivity contribution in [2.45, 2.75) is 19.6 Å². The molecule has 5 heteroatoms. The highest BCUT2D eigenvalue weighted by atomic mass is 79.9. The largest absolute Gasteiger partial charge is 0.485 e. The van der Waals surface area contributed by atoms with Crippen LogP contribution in [0.4, 0.5) is 0 Å². The SMILES string of the molecule is C[C@@H](N)c1cc(Br)ccc1OCc1ncccn1. The van der Waals surface area contributed by atoms with E-state index >= 15 is 0 Å². The number of ether oxygens (including phenoxy) is 1. The van der Waals surface area contributed by atoms with Crippen LogP contribution >= 0.6 is 15.9 Å². The fraction of sp³-hybridized carbons (Fsp3) is 0.231. The summed E-state index contributed by atoms with van der Waals surface area (Å²) in [6.07, 6.45) is 3.39. The number of rotatable bonds is 4. The van der Waals surface area contributed by atoms with E-state index in [1.54, 1.807) is 18.5 Å². The van der Waals surface area contributed by atoms with Crippen molar-refractivity contribution >= 4 is 15.9 Å². The molecule has 1 aromatic heterocycles. The molecular formula is C13H14BrN3O. The maximum atomic E-state index is 5.92. The number of hydrogen-bond acceptors (Lipinski definition) is 4. The summed E-state index contributed by atoms with van der Waals surface area (Å²) in [7, 11) is 0. The molecule has 18 heavy (non-hydrogen) atoms. The van der Waals surface area contributed by atoms with Gasteiger partial charge in [-0.05, 0) is 31.2 Å². The van der Waals surface area contributed by atoms with E-state index in [1.165, 1.54) is 0 Å². The molecule has 2 rings (SSSR count). The Bertz CT molecular complexity index is 517. The molecule has 0 radical (unpaired) electrons. The Hall–Kier alpha value is -1.46. The monoisotopic (exact) mass is 307 g/mol. The van der Waals surface area contributed by atoms with E-state index in [0.717, 1.165) is 15.8 Å². The highest BCUT2D eigenvalue weighted by Gasteiger charge is 2.09. The Labute approximate surface area is 114 Å². The van der Waals surface area contributed by atoms with E-state index in [2.05, 4.69) is 25.9 Å². The molecule has 0 fully saturated rings. The number of halogens is 1. The molecule has 1 aromatic carbocycles. The third kappa shape index (κ3) is 3.27. The van der Waals surface area contributed by atoms with Gasteiger partial charge in [0.05, 0.1) is 0 Å². The van der Waals surface area contributed by atoms with Gasteiger partial charge in [-0.1, -0.05) is 15.9 Å². The van der Waals surface area contributed by atoms with Crippen LogP contribution in [0.25, 0.3) is 0 Å². The van der Waals surface area contributed by atoms with Gasteiger partial charge in [0.25, 0.3) is 0 Å². The first-order valence-corrected chi connectivity index (χ1v) is 6.40. The summed E-state index contributed by atoms with van der Waals surface area (Å²) in [6, 6.07) is 7.47. The van der Waals surface area contributed by atoms with Crippen LogP contribution in [-0.4, -0.2) is 9.97 Å². The Balaban J connectivity index is 2.14. The van der Waals surface area contributed by atoms with Gasteiger partial charge in [0.2, 0.25) is 0 Å². The number of nitrogens with zero attached hydrogens (tertiary/aromatic N) is 2. The Morgan fingerprint density at radius 2 is 2.06 bits per heavy atom. The zero-order valence-electron chi connectivity index (χ0n) is 10.0. The molecule has 94 valence electrons. The van der Waals surface area contributed by atoms with Gasteiger partial charge in [0, 0.05) is 28.5 Å². The molecule has 0 spiro atoms. The van der Waals surface area contributed by atoms with Crippen LogP contribution in [-0.2, 0) is 6.61 Å². The predicted octanol–water partition coefficient (Wildman–Crippen LogP) is 2.84. The molecule has 0 aliphatic heterocycles. The Morgan fingerprint density at radius 3 is 2.72 bits per heavy atom. The van der Waals surface area contributed by atoms with Crippen molar-refractivity contribution in [1.82, 2.24) is 9.97 Å². The van der Waals surface area contributed by atoms with E-state index in [9.17, 15) is 0 Å². The van der Waals surface area contributed by atoms with Crippen LogP contribution in [0, 0.1) is 0 Å². The van der Waals surface area contributed by atoms with Crippen molar-refractivity contribution in [3.8, 4) is 5.75 Å². The first-order valence-electron chi connectivity index (χ1n) is 5.60. The van der Waals surface area contributed by atoms with E-state index in [1.807, 2.05) is 25.1 Å². The molecule has 0 bridgehead atoms. The third-order valence-corrected chi connectivity index (χ3v) is 2.93. The summed E-state index contributed by atoms with van der Waals surface area (Å²) in [5.41, 5.74) is 6.88. The zero-order valence-corrected chi connectivity index (χ0v) is 11.6. The number of aromatic nitrogens is 2. The summed E-state index contributed by atoms with van der Waals surface area (Å²) in [5, 5.41) is 0. The van der Waals surface area contributed by atoms with Gasteiger partial charge in [-0.2, -0.15) is 0 Å². The molecule has 1 heterocycles. The highest BCUT2D eigenvalue weighted by Crippen LogP contribution is 2.27. The molecule has 0 unspecified atom stereocenters. The van der Waals surface area contributed by atoms with Gasteiger partial charge in [0.15, 0.2) is 5.82 Å². The van der Waals surface area contributed by atoms with E-state index < -0.39 is 0 Å². The number of benzene rings is 1. The number of hydrogen-bond donors (Lipinski definition) is 1. The van der Waals surface area contributed by atoms with Gasteiger partial charge in [-0.15, -0.1) is 0 Å². The molecule has 2 N–H and O–H groups in total. The molecule has 0 aliphatic carbocycles. The third-order valence-electron chi connectivity index (χ3n) is 2.44. The second kappa shape index (κ2) is 5.93. The average Bonchev–Trinajstić information content (AvgIpc) is 2.38. The van der Waals surface area contributed by atoms with Crippen molar-refractivity contribution in [2.24, 2.45) is 5.73 Å². The predicted molar refractivity (Wildman–Crippen MR) is 73.1 cm³/mol. The fourth-order valence-electron chi connectivity index (χ4n) is 1.55. The van der Waals surface area contributed by atoms with Crippen molar-refractivity contribution in [3.05, 3.63) is 52.5 Å². The summed E-state index contributed by atoms with van der Waals surface area (Å²) in [4.78, 5) is 8.22. The lowest BCUT2D eigenvalue weighted by Crippen LogP contribution is -2.09. The van der Waals surface area contributed by atoms with Crippen molar-refractivity contribution in [1.29, 1.82) is 0 Å². The summed E-state index contributed by atoms with van der Waals surface area (Å²) < 4.78 is 6.70. The van der Waals surface area contributed by atoms with Crippen LogP contribution in [0.1, 0.15) is 24.4 Å². The molecule has 0 saturated heterocycles. The first kappa shape index (κ1) is 13.0. The standard InChI is InChI=1S/C13H14BrN3O/c1-9(15)11-7-10(14)3-4-12(11)18-8-13-16-5-2-6-17-13/h2-7,9H,8,15H2,1H3/t9-/m1/s1. The van der Waals surface area contributed by atoms with E-state index in [0.29, 0.717) is 12.4 Å². The zero-order chi connectivity index (χ0) is 13.0. The van der Waals surface area contributed by atoms with Crippen molar-refractivity contribution < 1.29 is 4.74 Å². The molecule has 4 nitrogen and oxygen atoms in total. The van der Waals surface area contributed by atoms with Crippen LogP contribution in [0.5, 0.6) is 5.75 Å². The van der Waals surface area contributed by atoms with Gasteiger partial charge >= 0.3 is 0 Å². The van der Waals surface area contributed by atoms with Crippen LogP contribution in [0.3, 0.4) is 0 Å². The summed E-state index contributed by atoms with van der Waals surface area (Å²) in [5.74, 6) is 1.41. The average molecular weight is 308 g/mol. The topological polar surface area (TPSA) is 61.0 Å². The highest BCUT2D eigenvalue weighted by molar-refractivity contribution is 9.10. The molecule has 0 amide bonds. The van der Waals surface area contributed by atoms with Gasteiger partial charge in [-0.25, -0.2) is 9.97 Å². The molecule has 1 atom stereocenters. The molecular weight excluding hydrogens is 294 g/mol. The second-order valence-electron chi connectivity index (χ2n) is 3.92. The van der Waals surface area contributed by atoms with Gasteiger partial charge < -0.3 is 10.5 Å². The Morgan fingerprint density at radius 1 is 1.33 bits per heavy atom. The van der Waals surface area contributed by atoms with Crippen LogP contribution in [0.2, 0.25) is 0 Å². The van der Waals surface area contributed by atoms with E-state index in [4.69, 9.17) is 10.5 Å². The quantitative estimate of drug-likeness (QED) is 0.943. The lowest BCUT2D eigenvalue weighted by Gasteiger charge is -2.13. The van der Waals surface area contributed by atoms with E-state index in [-0.39, 0.29) is 6.04 Å². The van der Waals surface area contributed by atoms with Gasteiger partial charge in [-0.3, -0.25) is 0 Å². The first-order chi connectivity index (χ1) is 8.66. The second-order valence-corrected chi connectivity index (χ2v) is 4.84. The van der Waals surface area contributed by atoms with Gasteiger partial charge in [0.1, 0.15) is 12.4 Å². The lowest BCUT2D eigenvalue weighted by atomic mass is 10.1. The smallest absolute Gasteiger partial charge is 0.166 e. The Kier molecular flexibility index (Phi) is 4.28. The van der Waals surface area contributed by atoms with Crippen molar-refractivity contribution in [3.63, 3.8) is 0 Å². The maximum absolute atomic E-state index is 5.92. The summed E-state index contributed by atoms with van der Waals surface area (Å²) in [6.45, 7) is 2.26. The minimum atomic E-state index is -0.0887. The van der Waals surface area contributed by atoms with Crippen LogP contribution in [0.15, 0.2) is 41.1 Å². The fourth-order valence-corrected chi connectivity index (χ4v) is 1.93. The lowest BCUT2D eigenvalue weighted by molar-refractivity contribution is 0.291. The summed E-state index contributed by atoms with van der Waals surface area (Å²) >= 11 is 3.42. The minimum absolute atomic E-state index is 0.0887. The maximum Gasteiger partial charge on any atom is 0.166 e. The van der Waals surface area contributed by atoms with Crippen LogP contribution < -0.4 is 10.5 Å².